The standard InChI is InChI=1S/C31H40N4O7/c1-2-41-28(37)18-16-24(15-17-27(32)36)33-29(38)26(20-22-10-5-3-6-11-22)35-19-9-14-25(30(35)39)34-31(40)42-21-23-12-7-4-8-13-23/h4,7-9,12-14,16,18-19,22,24,26H,2-3,5-6,10-11,15,17,20-21H2,1H3,(H2,32,36)(H,33,38)(H,34,40)/t24-,26-/m0/s1. The van der Waals surface area contributed by atoms with Crippen molar-refractivity contribution in [2.45, 2.75) is 77.0 Å². The molecular formula is C31H40N4O7. The van der Waals surface area contributed by atoms with Gasteiger partial charge in [-0.3, -0.25) is 19.7 Å². The predicted octanol–water partition coefficient (Wildman–Crippen LogP) is 3.98. The number of anilines is 1. The third kappa shape index (κ3) is 10.5. The summed E-state index contributed by atoms with van der Waals surface area (Å²) in [5.74, 6) is -1.35. The van der Waals surface area contributed by atoms with Crippen LogP contribution >= 0.6 is 0 Å². The Kier molecular flexibility index (Phi) is 12.8. The third-order valence-corrected chi connectivity index (χ3v) is 7.12. The van der Waals surface area contributed by atoms with Crippen molar-refractivity contribution in [2.75, 3.05) is 11.9 Å². The molecule has 3 rings (SSSR count). The largest absolute Gasteiger partial charge is 0.463 e. The van der Waals surface area contributed by atoms with E-state index in [2.05, 4.69) is 10.6 Å². The van der Waals surface area contributed by atoms with Crippen molar-refractivity contribution < 1.29 is 28.7 Å². The van der Waals surface area contributed by atoms with Gasteiger partial charge in [0.15, 0.2) is 0 Å². The molecule has 0 saturated heterocycles. The minimum atomic E-state index is -0.894. The van der Waals surface area contributed by atoms with Gasteiger partial charge < -0.3 is 25.1 Å². The number of aromatic nitrogens is 1. The molecule has 2 atom stereocenters. The molecule has 1 fully saturated rings. The molecule has 0 radical (unpaired) electrons. The first kappa shape index (κ1) is 32.1. The van der Waals surface area contributed by atoms with Crippen LogP contribution in [-0.2, 0) is 30.5 Å². The molecule has 4 N–H and O–H groups in total. The van der Waals surface area contributed by atoms with Gasteiger partial charge in [-0.05, 0) is 43.4 Å². The summed E-state index contributed by atoms with van der Waals surface area (Å²) in [4.78, 5) is 63.1. The van der Waals surface area contributed by atoms with Crippen LogP contribution in [0.25, 0.3) is 0 Å². The smallest absolute Gasteiger partial charge is 0.412 e. The minimum absolute atomic E-state index is 0.0180. The molecule has 0 aliphatic heterocycles. The number of ether oxygens (including phenoxy) is 2. The van der Waals surface area contributed by atoms with E-state index in [1.165, 1.54) is 29.0 Å². The summed E-state index contributed by atoms with van der Waals surface area (Å²) in [5, 5.41) is 5.37. The van der Waals surface area contributed by atoms with Gasteiger partial charge in [0.25, 0.3) is 5.56 Å². The van der Waals surface area contributed by atoms with Gasteiger partial charge >= 0.3 is 12.1 Å². The number of pyridine rings is 1. The van der Waals surface area contributed by atoms with E-state index in [1.54, 1.807) is 13.0 Å². The van der Waals surface area contributed by atoms with Crippen molar-refractivity contribution in [3.8, 4) is 0 Å². The monoisotopic (exact) mass is 580 g/mol. The number of amides is 3. The van der Waals surface area contributed by atoms with Crippen LogP contribution in [-0.4, -0.2) is 41.1 Å². The minimum Gasteiger partial charge on any atom is -0.463 e. The van der Waals surface area contributed by atoms with E-state index in [0.717, 1.165) is 37.7 Å². The maximum atomic E-state index is 13.7. The third-order valence-electron chi connectivity index (χ3n) is 7.12. The Labute approximate surface area is 245 Å². The van der Waals surface area contributed by atoms with Crippen molar-refractivity contribution in [3.05, 3.63) is 76.7 Å². The lowest BCUT2D eigenvalue weighted by molar-refractivity contribution is -0.137. The zero-order valence-corrected chi connectivity index (χ0v) is 24.0. The maximum absolute atomic E-state index is 13.7. The summed E-state index contributed by atoms with van der Waals surface area (Å²) >= 11 is 0. The fourth-order valence-corrected chi connectivity index (χ4v) is 4.98. The first-order chi connectivity index (χ1) is 20.3. The normalized spacial score (nSPS) is 15.0. The fourth-order valence-electron chi connectivity index (χ4n) is 4.98. The van der Waals surface area contributed by atoms with E-state index >= 15 is 0 Å². The molecule has 1 saturated carbocycles. The number of benzene rings is 1. The summed E-state index contributed by atoms with van der Waals surface area (Å²) < 4.78 is 11.5. The molecule has 11 heteroatoms. The molecule has 1 aliphatic rings. The number of primary amides is 1. The van der Waals surface area contributed by atoms with Crippen LogP contribution in [0.2, 0.25) is 0 Å². The first-order valence-corrected chi connectivity index (χ1v) is 14.4. The first-order valence-electron chi connectivity index (χ1n) is 14.4. The van der Waals surface area contributed by atoms with Gasteiger partial charge in [0, 0.05) is 24.7 Å². The van der Waals surface area contributed by atoms with Gasteiger partial charge in [-0.25, -0.2) is 9.59 Å². The average molecular weight is 581 g/mol. The second-order valence-electron chi connectivity index (χ2n) is 10.3. The van der Waals surface area contributed by atoms with Crippen LogP contribution in [0.5, 0.6) is 0 Å². The predicted molar refractivity (Wildman–Crippen MR) is 157 cm³/mol. The fraction of sp³-hybridized carbons (Fsp3) is 0.452. The Balaban J connectivity index is 1.82. The van der Waals surface area contributed by atoms with Gasteiger partial charge in [-0.15, -0.1) is 0 Å². The molecule has 0 spiro atoms. The maximum Gasteiger partial charge on any atom is 0.412 e. The number of carbonyl (C=O) groups excluding carboxylic acids is 4. The molecule has 3 amide bonds. The number of esters is 1. The Morgan fingerprint density at radius 3 is 2.48 bits per heavy atom. The van der Waals surface area contributed by atoms with E-state index in [-0.39, 0.29) is 37.7 Å². The second-order valence-corrected chi connectivity index (χ2v) is 10.3. The van der Waals surface area contributed by atoms with Gasteiger partial charge in [-0.1, -0.05) is 68.5 Å². The van der Waals surface area contributed by atoms with Crippen molar-refractivity contribution in [1.29, 1.82) is 0 Å². The SMILES string of the molecule is CCOC(=O)C=C[C@H](CCC(N)=O)NC(=O)[C@H](CC1CCCCC1)n1cccc(NC(=O)OCc2ccccc2)c1=O. The highest BCUT2D eigenvalue weighted by Gasteiger charge is 2.28. The number of hydrogen-bond donors (Lipinski definition) is 3. The molecule has 1 aromatic carbocycles. The van der Waals surface area contributed by atoms with Crippen LogP contribution < -0.4 is 21.9 Å². The number of carbonyl (C=O) groups is 4. The highest BCUT2D eigenvalue weighted by Crippen LogP contribution is 2.31. The highest BCUT2D eigenvalue weighted by atomic mass is 16.5. The molecule has 11 nitrogen and oxygen atoms in total. The highest BCUT2D eigenvalue weighted by molar-refractivity contribution is 5.85. The van der Waals surface area contributed by atoms with E-state index in [1.807, 2.05) is 30.3 Å². The number of nitrogens with zero attached hydrogens (tertiary/aromatic N) is 1. The molecule has 0 unspecified atom stereocenters. The van der Waals surface area contributed by atoms with E-state index in [0.29, 0.717) is 6.42 Å². The Morgan fingerprint density at radius 2 is 1.79 bits per heavy atom. The molecule has 2 aromatic rings. The molecule has 42 heavy (non-hydrogen) atoms. The van der Waals surface area contributed by atoms with Crippen LogP contribution in [0.4, 0.5) is 10.5 Å². The lowest BCUT2D eigenvalue weighted by Crippen LogP contribution is -2.43. The van der Waals surface area contributed by atoms with Crippen molar-refractivity contribution >= 4 is 29.6 Å². The number of nitrogens with two attached hydrogens (primary N) is 1. The summed E-state index contributed by atoms with van der Waals surface area (Å²) in [5.41, 5.74) is 5.54. The molecule has 1 heterocycles. The van der Waals surface area contributed by atoms with Gasteiger partial charge in [0.1, 0.15) is 18.3 Å². The van der Waals surface area contributed by atoms with Crippen molar-refractivity contribution in [3.63, 3.8) is 0 Å². The van der Waals surface area contributed by atoms with Gasteiger partial charge in [0.2, 0.25) is 11.8 Å². The Bertz CT molecular complexity index is 1290. The van der Waals surface area contributed by atoms with Crippen LogP contribution in [0, 0.1) is 5.92 Å². The number of rotatable bonds is 14. The van der Waals surface area contributed by atoms with Crippen LogP contribution in [0.3, 0.4) is 0 Å². The molecule has 1 aliphatic carbocycles. The lowest BCUT2D eigenvalue weighted by Gasteiger charge is -2.28. The summed E-state index contributed by atoms with van der Waals surface area (Å²) in [6.45, 7) is 1.90. The van der Waals surface area contributed by atoms with Gasteiger partial charge in [0.05, 0.1) is 6.61 Å². The molecule has 1 aromatic heterocycles. The summed E-state index contributed by atoms with van der Waals surface area (Å²) in [6.07, 6.45) is 9.05. The van der Waals surface area contributed by atoms with Crippen molar-refractivity contribution in [2.24, 2.45) is 11.7 Å². The Morgan fingerprint density at radius 1 is 1.05 bits per heavy atom. The molecule has 226 valence electrons. The summed E-state index contributed by atoms with van der Waals surface area (Å²) in [7, 11) is 0. The Hall–Kier alpha value is -4.41. The second kappa shape index (κ2) is 16.8. The average Bonchev–Trinajstić information content (AvgIpc) is 2.98. The topological polar surface area (TPSA) is 159 Å². The number of hydrogen-bond acceptors (Lipinski definition) is 7. The lowest BCUT2D eigenvalue weighted by atomic mass is 9.84. The van der Waals surface area contributed by atoms with E-state index in [4.69, 9.17) is 15.2 Å². The summed E-state index contributed by atoms with van der Waals surface area (Å²) in [6, 6.07) is 10.6. The van der Waals surface area contributed by atoms with Crippen LogP contribution in [0.1, 0.15) is 69.9 Å². The molecular weight excluding hydrogens is 540 g/mol. The zero-order valence-electron chi connectivity index (χ0n) is 24.0. The van der Waals surface area contributed by atoms with Crippen molar-refractivity contribution in [1.82, 2.24) is 9.88 Å². The van der Waals surface area contributed by atoms with E-state index in [9.17, 15) is 24.0 Å². The molecule has 0 bridgehead atoms. The van der Waals surface area contributed by atoms with Gasteiger partial charge in [-0.2, -0.15) is 0 Å². The quantitative estimate of drug-likeness (QED) is 0.225. The van der Waals surface area contributed by atoms with Crippen LogP contribution in [0.15, 0.2) is 65.6 Å². The van der Waals surface area contributed by atoms with E-state index < -0.39 is 41.5 Å². The number of nitrogens with one attached hydrogen (secondary N) is 2. The zero-order chi connectivity index (χ0) is 30.3.